The summed E-state index contributed by atoms with van der Waals surface area (Å²) in [5.41, 5.74) is 0.316. The molecule has 0 fully saturated rings. The molecule has 182 valence electrons. The lowest BCUT2D eigenvalue weighted by Gasteiger charge is -2.33. The largest absolute Gasteiger partial charge is 0.504 e. The summed E-state index contributed by atoms with van der Waals surface area (Å²) < 4.78 is 34.6. The summed E-state index contributed by atoms with van der Waals surface area (Å²) in [7, 11) is 5.79. The topological polar surface area (TPSA) is 95.8 Å². The molecule has 2 N–H and O–H groups in total. The Labute approximate surface area is 198 Å². The van der Waals surface area contributed by atoms with Crippen molar-refractivity contribution in [3.8, 4) is 57.1 Å². The fourth-order valence-corrected chi connectivity index (χ4v) is 4.31. The molecule has 2 aromatic rings. The van der Waals surface area contributed by atoms with E-state index in [0.717, 1.165) is 0 Å². The van der Waals surface area contributed by atoms with E-state index in [4.69, 9.17) is 28.4 Å². The minimum Gasteiger partial charge on any atom is -0.504 e. The molecule has 4 rings (SSSR count). The molecule has 2 aromatic carbocycles. The number of rotatable bonds is 5. The minimum atomic E-state index is -0.633. The molecule has 0 unspecified atom stereocenters. The van der Waals surface area contributed by atoms with Gasteiger partial charge in [-0.3, -0.25) is 0 Å². The summed E-state index contributed by atoms with van der Waals surface area (Å²) >= 11 is 0. The van der Waals surface area contributed by atoms with E-state index in [9.17, 15) is 10.2 Å². The van der Waals surface area contributed by atoms with Gasteiger partial charge in [-0.25, -0.2) is 0 Å². The van der Waals surface area contributed by atoms with Gasteiger partial charge >= 0.3 is 0 Å². The number of phenols is 2. The van der Waals surface area contributed by atoms with E-state index < -0.39 is 11.2 Å². The van der Waals surface area contributed by atoms with Crippen molar-refractivity contribution < 1.29 is 38.6 Å². The van der Waals surface area contributed by atoms with E-state index >= 15 is 0 Å². The maximum atomic E-state index is 11.4. The Morgan fingerprint density at radius 1 is 0.588 bits per heavy atom. The molecule has 0 bridgehead atoms. The number of fused-ring (bicyclic) bond motifs is 2. The van der Waals surface area contributed by atoms with Gasteiger partial charge in [0, 0.05) is 22.3 Å². The highest BCUT2D eigenvalue weighted by atomic mass is 16.6. The van der Waals surface area contributed by atoms with Gasteiger partial charge in [-0.2, -0.15) is 0 Å². The van der Waals surface area contributed by atoms with Crippen molar-refractivity contribution in [1.82, 2.24) is 0 Å². The van der Waals surface area contributed by atoms with Crippen molar-refractivity contribution in [3.63, 3.8) is 0 Å². The van der Waals surface area contributed by atoms with Gasteiger partial charge in [0.1, 0.15) is 11.2 Å². The van der Waals surface area contributed by atoms with Crippen molar-refractivity contribution in [2.45, 2.75) is 38.9 Å². The van der Waals surface area contributed by atoms with Crippen LogP contribution < -0.4 is 28.4 Å². The zero-order valence-electron chi connectivity index (χ0n) is 20.7. The summed E-state index contributed by atoms with van der Waals surface area (Å²) in [6, 6.07) is 0. The molecular formula is C26H30O8. The van der Waals surface area contributed by atoms with Crippen molar-refractivity contribution in [2.24, 2.45) is 0 Å². The number of benzene rings is 2. The van der Waals surface area contributed by atoms with Crippen molar-refractivity contribution in [3.05, 3.63) is 23.3 Å². The summed E-state index contributed by atoms with van der Waals surface area (Å²) in [6.07, 6.45) is 7.39. The lowest BCUT2D eigenvalue weighted by Crippen LogP contribution is -2.28. The molecule has 8 nitrogen and oxygen atoms in total. The van der Waals surface area contributed by atoms with Crippen molar-refractivity contribution >= 4 is 12.2 Å². The van der Waals surface area contributed by atoms with Crippen LogP contribution in [0.15, 0.2) is 12.2 Å². The zero-order chi connectivity index (χ0) is 25.0. The summed E-state index contributed by atoms with van der Waals surface area (Å²) in [5, 5.41) is 22.8. The second-order valence-electron chi connectivity index (χ2n) is 9.14. The van der Waals surface area contributed by atoms with E-state index in [1.807, 2.05) is 52.0 Å². The normalized spacial score (nSPS) is 16.6. The van der Waals surface area contributed by atoms with Crippen LogP contribution in [0.5, 0.6) is 46.0 Å². The highest BCUT2D eigenvalue weighted by Crippen LogP contribution is 2.61. The lowest BCUT2D eigenvalue weighted by molar-refractivity contribution is 0.149. The molecule has 0 aromatic heterocycles. The highest BCUT2D eigenvalue weighted by molar-refractivity contribution is 5.98. The Morgan fingerprint density at radius 3 is 1.21 bits per heavy atom. The number of aromatic hydroxyl groups is 2. The average molecular weight is 471 g/mol. The van der Waals surface area contributed by atoms with Crippen molar-refractivity contribution in [2.75, 3.05) is 28.4 Å². The van der Waals surface area contributed by atoms with Gasteiger partial charge in [0.05, 0.1) is 28.4 Å². The predicted octanol–water partition coefficient (Wildman–Crippen LogP) is 5.17. The van der Waals surface area contributed by atoms with Gasteiger partial charge in [0.2, 0.25) is 23.0 Å². The average Bonchev–Trinajstić information content (AvgIpc) is 2.77. The zero-order valence-corrected chi connectivity index (χ0v) is 20.7. The third-order valence-electron chi connectivity index (χ3n) is 5.86. The molecule has 2 aliphatic heterocycles. The molecule has 8 heteroatoms. The molecule has 2 heterocycles. The molecule has 0 radical (unpaired) electrons. The van der Waals surface area contributed by atoms with Gasteiger partial charge < -0.3 is 38.6 Å². The summed E-state index contributed by atoms with van der Waals surface area (Å²) in [5.74, 6) is 0.948. The third kappa shape index (κ3) is 3.45. The summed E-state index contributed by atoms with van der Waals surface area (Å²) in [4.78, 5) is 0. The minimum absolute atomic E-state index is 0.0753. The number of methoxy groups -OCH3 is 4. The second-order valence-corrected chi connectivity index (χ2v) is 9.14. The first-order valence-electron chi connectivity index (χ1n) is 10.8. The molecule has 0 amide bonds. The van der Waals surface area contributed by atoms with E-state index in [2.05, 4.69) is 0 Å². The second kappa shape index (κ2) is 7.97. The van der Waals surface area contributed by atoms with E-state index in [1.165, 1.54) is 28.4 Å². The predicted molar refractivity (Wildman–Crippen MR) is 129 cm³/mol. The highest BCUT2D eigenvalue weighted by Gasteiger charge is 2.38. The number of ether oxygens (including phenoxy) is 6. The Morgan fingerprint density at radius 2 is 0.912 bits per heavy atom. The Kier molecular flexibility index (Phi) is 5.50. The van der Waals surface area contributed by atoms with Gasteiger partial charge in [-0.15, -0.1) is 0 Å². The first-order chi connectivity index (χ1) is 16.0. The van der Waals surface area contributed by atoms with Gasteiger partial charge in [0.25, 0.3) is 0 Å². The monoisotopic (exact) mass is 470 g/mol. The molecule has 34 heavy (non-hydrogen) atoms. The van der Waals surface area contributed by atoms with Gasteiger partial charge in [-0.1, -0.05) is 12.2 Å². The van der Waals surface area contributed by atoms with Crippen LogP contribution >= 0.6 is 0 Å². The smallest absolute Gasteiger partial charge is 0.207 e. The quantitative estimate of drug-likeness (QED) is 0.618. The Hall–Kier alpha value is -3.68. The van der Waals surface area contributed by atoms with Gasteiger partial charge in [0.15, 0.2) is 23.0 Å². The van der Waals surface area contributed by atoms with Crippen molar-refractivity contribution in [1.29, 1.82) is 0 Å². The fraction of sp³-hybridized carbons (Fsp3) is 0.385. The molecule has 0 saturated carbocycles. The van der Waals surface area contributed by atoms with E-state index in [1.54, 1.807) is 0 Å². The Bertz CT molecular complexity index is 1130. The number of hydrogen-bond donors (Lipinski definition) is 2. The maximum absolute atomic E-state index is 11.4. The van der Waals surface area contributed by atoms with E-state index in [-0.39, 0.29) is 45.6 Å². The molecule has 0 saturated heterocycles. The number of hydrogen-bond acceptors (Lipinski definition) is 8. The molecule has 0 aliphatic carbocycles. The summed E-state index contributed by atoms with van der Waals surface area (Å²) in [6.45, 7) is 7.61. The van der Waals surface area contributed by atoms with Crippen LogP contribution in [0.3, 0.4) is 0 Å². The van der Waals surface area contributed by atoms with Crippen LogP contribution in [0.2, 0.25) is 0 Å². The standard InChI is InChI=1S/C26H30O8/c1-25(2)11-9-13-15(17(27)21(29-5)23(31-7)19(13)33-25)16-14-10-12-26(3,4)34-20(14)24(32-8)22(30-6)18(16)28/h9-12,27-28H,1-8H3. The van der Waals surface area contributed by atoms with Crippen LogP contribution in [-0.4, -0.2) is 49.9 Å². The Balaban J connectivity index is 2.19. The van der Waals surface area contributed by atoms with E-state index in [0.29, 0.717) is 22.6 Å². The fourth-order valence-electron chi connectivity index (χ4n) is 4.31. The number of phenolic OH excluding ortho intramolecular Hbond substituents is 2. The molecule has 0 spiro atoms. The first kappa shape index (κ1) is 23.5. The van der Waals surface area contributed by atoms with Crippen LogP contribution in [0.25, 0.3) is 23.3 Å². The van der Waals surface area contributed by atoms with Crippen LogP contribution in [0, 0.1) is 0 Å². The van der Waals surface area contributed by atoms with Crippen LogP contribution in [0.4, 0.5) is 0 Å². The van der Waals surface area contributed by atoms with Crippen LogP contribution in [0.1, 0.15) is 38.8 Å². The molecule has 2 aliphatic rings. The maximum Gasteiger partial charge on any atom is 0.207 e. The lowest BCUT2D eigenvalue weighted by atomic mass is 9.87. The SMILES string of the molecule is COc1c(O)c(-c2c(O)c(OC)c(OC)c3c2C=CC(C)(C)O3)c2c(c1OC)OC(C)(C)C=C2. The molecule has 0 atom stereocenters. The van der Waals surface area contributed by atoms with Gasteiger partial charge in [-0.05, 0) is 39.8 Å². The third-order valence-corrected chi connectivity index (χ3v) is 5.86. The first-order valence-corrected chi connectivity index (χ1v) is 10.8. The van der Waals surface area contributed by atoms with Crippen LogP contribution in [-0.2, 0) is 0 Å². The molecular weight excluding hydrogens is 440 g/mol.